The highest BCUT2D eigenvalue weighted by Gasteiger charge is 2.10. The zero-order chi connectivity index (χ0) is 12.8. The van der Waals surface area contributed by atoms with Crippen molar-refractivity contribution in [2.24, 2.45) is 0 Å². The quantitative estimate of drug-likeness (QED) is 0.755. The summed E-state index contributed by atoms with van der Waals surface area (Å²) in [4.78, 5) is 13.7. The maximum absolute atomic E-state index is 11.3. The van der Waals surface area contributed by atoms with Crippen LogP contribution in [0, 0.1) is 0 Å². The zero-order valence-electron chi connectivity index (χ0n) is 10.7. The first-order valence-electron chi connectivity index (χ1n) is 6.27. The summed E-state index contributed by atoms with van der Waals surface area (Å²) in [6, 6.07) is 7.63. The predicted octanol–water partition coefficient (Wildman–Crippen LogP) is 1.35. The molecule has 1 aliphatic heterocycles. The van der Waals surface area contributed by atoms with Gasteiger partial charge in [0.2, 0.25) is 0 Å². The second-order valence-electron chi connectivity index (χ2n) is 4.39. The van der Waals surface area contributed by atoms with Gasteiger partial charge in [-0.1, -0.05) is 12.1 Å². The summed E-state index contributed by atoms with van der Waals surface area (Å²) in [6.07, 6.45) is 1.00. The van der Waals surface area contributed by atoms with Crippen LogP contribution in [0.15, 0.2) is 24.3 Å². The molecule has 1 fully saturated rings. The number of methoxy groups -OCH3 is 1. The molecule has 0 amide bonds. The molecule has 4 heteroatoms. The molecule has 0 spiro atoms. The molecule has 2 rings (SSSR count). The van der Waals surface area contributed by atoms with E-state index in [4.69, 9.17) is 4.74 Å². The smallest absolute Gasteiger partial charge is 0.337 e. The molecule has 1 heterocycles. The van der Waals surface area contributed by atoms with E-state index in [1.54, 1.807) is 0 Å². The molecule has 0 saturated carbocycles. The largest absolute Gasteiger partial charge is 0.465 e. The van der Waals surface area contributed by atoms with Crippen LogP contribution in [0.3, 0.4) is 0 Å². The van der Waals surface area contributed by atoms with Crippen molar-refractivity contribution < 1.29 is 14.3 Å². The van der Waals surface area contributed by atoms with E-state index in [9.17, 15) is 4.79 Å². The Hall–Kier alpha value is -1.39. The molecule has 1 saturated heterocycles. The molecule has 0 atom stereocenters. The van der Waals surface area contributed by atoms with Crippen molar-refractivity contribution >= 4 is 5.97 Å². The number of esters is 1. The second kappa shape index (κ2) is 6.52. The van der Waals surface area contributed by atoms with E-state index in [1.807, 2.05) is 24.3 Å². The standard InChI is InChI=1S/C14H19NO3/c1-17-14(16)13-4-2-12(3-5-13)6-7-15-8-10-18-11-9-15/h2-5H,6-11H2,1H3. The van der Waals surface area contributed by atoms with Crippen LogP contribution in [0.5, 0.6) is 0 Å². The second-order valence-corrected chi connectivity index (χ2v) is 4.39. The lowest BCUT2D eigenvalue weighted by molar-refractivity contribution is 0.0384. The van der Waals surface area contributed by atoms with Gasteiger partial charge in [-0.15, -0.1) is 0 Å². The van der Waals surface area contributed by atoms with E-state index in [-0.39, 0.29) is 5.97 Å². The molecule has 0 aliphatic carbocycles. The molecule has 1 aliphatic rings. The number of benzene rings is 1. The average molecular weight is 249 g/mol. The molecule has 98 valence electrons. The van der Waals surface area contributed by atoms with Crippen LogP contribution in [-0.4, -0.2) is 50.8 Å². The summed E-state index contributed by atoms with van der Waals surface area (Å²) in [5.41, 5.74) is 1.85. The fourth-order valence-corrected chi connectivity index (χ4v) is 2.04. The fourth-order valence-electron chi connectivity index (χ4n) is 2.04. The van der Waals surface area contributed by atoms with Crippen molar-refractivity contribution in [1.82, 2.24) is 4.90 Å². The predicted molar refractivity (Wildman–Crippen MR) is 68.7 cm³/mol. The molecule has 0 bridgehead atoms. The van der Waals surface area contributed by atoms with Gasteiger partial charge in [-0.3, -0.25) is 4.90 Å². The van der Waals surface area contributed by atoms with E-state index in [2.05, 4.69) is 9.64 Å². The monoisotopic (exact) mass is 249 g/mol. The maximum Gasteiger partial charge on any atom is 0.337 e. The van der Waals surface area contributed by atoms with Gasteiger partial charge in [-0.25, -0.2) is 4.79 Å². The zero-order valence-corrected chi connectivity index (χ0v) is 10.7. The number of nitrogens with zero attached hydrogens (tertiary/aromatic N) is 1. The van der Waals surface area contributed by atoms with Gasteiger partial charge in [0, 0.05) is 19.6 Å². The molecule has 1 aromatic carbocycles. The highest BCUT2D eigenvalue weighted by Crippen LogP contribution is 2.08. The van der Waals surface area contributed by atoms with Crippen LogP contribution < -0.4 is 0 Å². The minimum Gasteiger partial charge on any atom is -0.465 e. The summed E-state index contributed by atoms with van der Waals surface area (Å²) in [5.74, 6) is -0.283. The first kappa shape index (κ1) is 13.1. The van der Waals surface area contributed by atoms with Gasteiger partial charge in [0.05, 0.1) is 25.9 Å². The average Bonchev–Trinajstić information content (AvgIpc) is 2.46. The highest BCUT2D eigenvalue weighted by molar-refractivity contribution is 5.89. The summed E-state index contributed by atoms with van der Waals surface area (Å²) in [5, 5.41) is 0. The molecule has 0 N–H and O–H groups in total. The van der Waals surface area contributed by atoms with Crippen LogP contribution >= 0.6 is 0 Å². The Balaban J connectivity index is 1.84. The normalized spacial score (nSPS) is 16.5. The Morgan fingerprint density at radius 1 is 1.28 bits per heavy atom. The lowest BCUT2D eigenvalue weighted by atomic mass is 10.1. The van der Waals surface area contributed by atoms with Crippen LogP contribution in [0.2, 0.25) is 0 Å². The van der Waals surface area contributed by atoms with Gasteiger partial charge >= 0.3 is 5.97 Å². The summed E-state index contributed by atoms with van der Waals surface area (Å²) in [7, 11) is 1.40. The van der Waals surface area contributed by atoms with Crippen LogP contribution in [0.25, 0.3) is 0 Å². The number of carbonyl (C=O) groups is 1. The van der Waals surface area contributed by atoms with Gasteiger partial charge in [-0.2, -0.15) is 0 Å². The van der Waals surface area contributed by atoms with E-state index in [0.29, 0.717) is 5.56 Å². The van der Waals surface area contributed by atoms with Gasteiger partial charge < -0.3 is 9.47 Å². The Bertz CT molecular complexity index is 383. The summed E-state index contributed by atoms with van der Waals surface area (Å²) >= 11 is 0. The molecular formula is C14H19NO3. The SMILES string of the molecule is COC(=O)c1ccc(CCN2CCOCC2)cc1. The molecule has 0 unspecified atom stereocenters. The highest BCUT2D eigenvalue weighted by atomic mass is 16.5. The molecule has 4 nitrogen and oxygen atoms in total. The molecule has 0 radical (unpaired) electrons. The van der Waals surface area contributed by atoms with Gasteiger partial charge in [-0.05, 0) is 24.1 Å². The Morgan fingerprint density at radius 2 is 1.94 bits per heavy atom. The summed E-state index contributed by atoms with van der Waals surface area (Å²) in [6.45, 7) is 4.74. The van der Waals surface area contributed by atoms with Crippen molar-refractivity contribution in [3.63, 3.8) is 0 Å². The van der Waals surface area contributed by atoms with Crippen LogP contribution in [0.4, 0.5) is 0 Å². The van der Waals surface area contributed by atoms with E-state index >= 15 is 0 Å². The first-order valence-corrected chi connectivity index (χ1v) is 6.27. The number of hydrogen-bond donors (Lipinski definition) is 0. The van der Waals surface area contributed by atoms with Crippen molar-refractivity contribution in [3.8, 4) is 0 Å². The van der Waals surface area contributed by atoms with Crippen molar-refractivity contribution in [3.05, 3.63) is 35.4 Å². The number of carbonyl (C=O) groups excluding carboxylic acids is 1. The molecular weight excluding hydrogens is 230 g/mol. The fraction of sp³-hybridized carbons (Fsp3) is 0.500. The number of ether oxygens (including phenoxy) is 2. The Morgan fingerprint density at radius 3 is 2.56 bits per heavy atom. The third-order valence-electron chi connectivity index (χ3n) is 3.20. The minimum absolute atomic E-state index is 0.283. The van der Waals surface area contributed by atoms with Gasteiger partial charge in [0.15, 0.2) is 0 Å². The van der Waals surface area contributed by atoms with E-state index in [0.717, 1.165) is 39.3 Å². The minimum atomic E-state index is -0.283. The van der Waals surface area contributed by atoms with Crippen molar-refractivity contribution in [1.29, 1.82) is 0 Å². The van der Waals surface area contributed by atoms with Crippen LogP contribution in [0.1, 0.15) is 15.9 Å². The maximum atomic E-state index is 11.3. The first-order chi connectivity index (χ1) is 8.79. The summed E-state index contributed by atoms with van der Waals surface area (Å²) < 4.78 is 9.98. The lowest BCUT2D eigenvalue weighted by Crippen LogP contribution is -2.37. The third kappa shape index (κ3) is 3.55. The van der Waals surface area contributed by atoms with Crippen LogP contribution in [-0.2, 0) is 15.9 Å². The van der Waals surface area contributed by atoms with E-state index in [1.165, 1.54) is 12.7 Å². The van der Waals surface area contributed by atoms with E-state index < -0.39 is 0 Å². The number of morpholine rings is 1. The molecule has 1 aromatic rings. The van der Waals surface area contributed by atoms with Gasteiger partial charge in [0.1, 0.15) is 0 Å². The third-order valence-corrected chi connectivity index (χ3v) is 3.20. The lowest BCUT2D eigenvalue weighted by Gasteiger charge is -2.26. The van der Waals surface area contributed by atoms with Gasteiger partial charge in [0.25, 0.3) is 0 Å². The molecule has 18 heavy (non-hydrogen) atoms. The topological polar surface area (TPSA) is 38.8 Å². The van der Waals surface area contributed by atoms with Crippen molar-refractivity contribution in [2.45, 2.75) is 6.42 Å². The Kier molecular flexibility index (Phi) is 4.73. The Labute approximate surface area is 107 Å². The van der Waals surface area contributed by atoms with Crippen molar-refractivity contribution in [2.75, 3.05) is 40.0 Å². The number of hydrogen-bond acceptors (Lipinski definition) is 4. The number of rotatable bonds is 4. The molecule has 0 aromatic heterocycles.